The molecule has 0 bridgehead atoms. The molecule has 0 radical (unpaired) electrons. The molecule has 1 fully saturated rings. The Balaban J connectivity index is 0.000000461. The quantitative estimate of drug-likeness (QED) is 0.560. The molecule has 1 aliphatic carbocycles. The monoisotopic (exact) mass is 156 g/mol. The Morgan fingerprint density at radius 2 is 1.27 bits per heavy atom. The van der Waals surface area contributed by atoms with Gasteiger partial charge in [0, 0.05) is 0 Å². The van der Waals surface area contributed by atoms with E-state index in [-0.39, 0.29) is 0 Å². The van der Waals surface area contributed by atoms with Gasteiger partial charge in [0.2, 0.25) is 0 Å². The molecular weight excluding hydrogens is 132 g/mol. The van der Waals surface area contributed by atoms with E-state index in [1.165, 1.54) is 32.1 Å². The normalized spacial score (nSPS) is 29.5. The fourth-order valence-electron chi connectivity index (χ4n) is 1.92. The summed E-state index contributed by atoms with van der Waals surface area (Å²) in [7, 11) is 0. The van der Waals surface area contributed by atoms with Crippen molar-refractivity contribution in [2.75, 3.05) is 0 Å². The molecule has 0 N–H and O–H groups in total. The summed E-state index contributed by atoms with van der Waals surface area (Å²) >= 11 is 0. The van der Waals surface area contributed by atoms with Crippen molar-refractivity contribution >= 4 is 0 Å². The van der Waals surface area contributed by atoms with Crippen LogP contribution in [-0.4, -0.2) is 0 Å². The molecule has 0 aromatic heterocycles. The zero-order chi connectivity index (χ0) is 8.69. The topological polar surface area (TPSA) is 0 Å². The molecular formula is C11H24. The lowest BCUT2D eigenvalue weighted by atomic mass is 10.0. The van der Waals surface area contributed by atoms with Crippen molar-refractivity contribution in [1.29, 1.82) is 0 Å². The van der Waals surface area contributed by atoms with Gasteiger partial charge < -0.3 is 0 Å². The Morgan fingerprint density at radius 1 is 0.909 bits per heavy atom. The van der Waals surface area contributed by atoms with Gasteiger partial charge >= 0.3 is 0 Å². The summed E-state index contributed by atoms with van der Waals surface area (Å²) in [6.45, 7) is 8.64. The Kier molecular flexibility index (Phi) is 6.69. The van der Waals surface area contributed by atoms with E-state index in [0.717, 1.165) is 11.8 Å². The van der Waals surface area contributed by atoms with Gasteiger partial charge in [0.15, 0.2) is 0 Å². The zero-order valence-corrected chi connectivity index (χ0v) is 8.69. The van der Waals surface area contributed by atoms with Gasteiger partial charge in [-0.1, -0.05) is 53.4 Å². The average molecular weight is 156 g/mol. The molecule has 2 atom stereocenters. The van der Waals surface area contributed by atoms with Crippen molar-refractivity contribution in [3.8, 4) is 0 Å². The number of hydrogen-bond donors (Lipinski definition) is 0. The molecule has 0 heterocycles. The fourth-order valence-corrected chi connectivity index (χ4v) is 1.92. The lowest BCUT2D eigenvalue weighted by Crippen LogP contribution is -1.92. The number of hydrogen-bond acceptors (Lipinski definition) is 0. The van der Waals surface area contributed by atoms with Crippen LogP contribution in [0.5, 0.6) is 0 Å². The third-order valence-corrected chi connectivity index (χ3v) is 2.80. The predicted molar refractivity (Wildman–Crippen MR) is 52.8 cm³/mol. The smallest absolute Gasteiger partial charge is 0.0414 e. The molecule has 68 valence electrons. The second-order valence-electron chi connectivity index (χ2n) is 3.36. The maximum absolute atomic E-state index is 2.32. The standard InChI is InChI=1S/C9H18.C2H6/c1-3-8-5-6-9(4-2)7-8;1-2/h8-9H,3-7H2,1-2H3;1-2H3. The molecule has 2 unspecified atom stereocenters. The first-order valence-electron chi connectivity index (χ1n) is 5.36. The van der Waals surface area contributed by atoms with Crippen molar-refractivity contribution in [3.05, 3.63) is 0 Å². The van der Waals surface area contributed by atoms with Gasteiger partial charge in [0.05, 0.1) is 0 Å². The highest BCUT2D eigenvalue weighted by Crippen LogP contribution is 2.34. The zero-order valence-electron chi connectivity index (χ0n) is 8.69. The van der Waals surface area contributed by atoms with Crippen molar-refractivity contribution in [2.45, 2.75) is 59.8 Å². The van der Waals surface area contributed by atoms with Crippen molar-refractivity contribution < 1.29 is 0 Å². The summed E-state index contributed by atoms with van der Waals surface area (Å²) < 4.78 is 0. The van der Waals surface area contributed by atoms with E-state index in [9.17, 15) is 0 Å². The summed E-state index contributed by atoms with van der Waals surface area (Å²) in [6, 6.07) is 0. The Labute approximate surface area is 72.4 Å². The van der Waals surface area contributed by atoms with E-state index in [1.807, 2.05) is 13.8 Å². The van der Waals surface area contributed by atoms with Crippen LogP contribution in [0.1, 0.15) is 59.8 Å². The minimum absolute atomic E-state index is 1.08. The van der Waals surface area contributed by atoms with E-state index in [2.05, 4.69) is 13.8 Å². The molecule has 0 aromatic carbocycles. The van der Waals surface area contributed by atoms with Gasteiger partial charge in [-0.05, 0) is 18.3 Å². The van der Waals surface area contributed by atoms with Crippen LogP contribution in [0.25, 0.3) is 0 Å². The average Bonchev–Trinajstić information content (AvgIpc) is 2.55. The van der Waals surface area contributed by atoms with Gasteiger partial charge in [-0.25, -0.2) is 0 Å². The minimum Gasteiger partial charge on any atom is -0.0683 e. The van der Waals surface area contributed by atoms with Gasteiger partial charge in [-0.15, -0.1) is 0 Å². The second kappa shape index (κ2) is 6.69. The Hall–Kier alpha value is 0. The Morgan fingerprint density at radius 3 is 1.45 bits per heavy atom. The van der Waals surface area contributed by atoms with E-state index < -0.39 is 0 Å². The van der Waals surface area contributed by atoms with E-state index in [4.69, 9.17) is 0 Å². The highest BCUT2D eigenvalue weighted by molar-refractivity contribution is 4.73. The van der Waals surface area contributed by atoms with Crippen molar-refractivity contribution in [1.82, 2.24) is 0 Å². The van der Waals surface area contributed by atoms with Gasteiger partial charge in [-0.2, -0.15) is 0 Å². The van der Waals surface area contributed by atoms with Gasteiger partial charge in [-0.3, -0.25) is 0 Å². The first-order chi connectivity index (χ1) is 5.36. The summed E-state index contributed by atoms with van der Waals surface area (Å²) in [5.41, 5.74) is 0. The molecule has 1 saturated carbocycles. The van der Waals surface area contributed by atoms with Crippen LogP contribution < -0.4 is 0 Å². The Bertz CT molecular complexity index is 66.1. The molecule has 0 aliphatic heterocycles. The predicted octanol–water partition coefficient (Wildman–Crippen LogP) is 4.25. The maximum atomic E-state index is 2.32. The van der Waals surface area contributed by atoms with Gasteiger partial charge in [0.1, 0.15) is 0 Å². The van der Waals surface area contributed by atoms with E-state index >= 15 is 0 Å². The lowest BCUT2D eigenvalue weighted by Gasteiger charge is -2.05. The third-order valence-electron chi connectivity index (χ3n) is 2.80. The molecule has 0 spiro atoms. The highest BCUT2D eigenvalue weighted by atomic mass is 14.3. The van der Waals surface area contributed by atoms with Crippen molar-refractivity contribution in [2.24, 2.45) is 11.8 Å². The molecule has 1 rings (SSSR count). The first kappa shape index (κ1) is 11.0. The summed E-state index contributed by atoms with van der Waals surface area (Å²) in [6.07, 6.45) is 7.37. The molecule has 0 saturated heterocycles. The molecule has 0 amide bonds. The number of rotatable bonds is 2. The lowest BCUT2D eigenvalue weighted by molar-refractivity contribution is 0.471. The van der Waals surface area contributed by atoms with Crippen LogP contribution in [0.2, 0.25) is 0 Å². The van der Waals surface area contributed by atoms with Crippen LogP contribution >= 0.6 is 0 Å². The third kappa shape index (κ3) is 3.79. The summed E-state index contributed by atoms with van der Waals surface area (Å²) in [5, 5.41) is 0. The summed E-state index contributed by atoms with van der Waals surface area (Å²) in [4.78, 5) is 0. The largest absolute Gasteiger partial charge is 0.0683 e. The SMILES string of the molecule is CC.CCC1CCC(CC)C1. The van der Waals surface area contributed by atoms with E-state index in [0.29, 0.717) is 0 Å². The highest BCUT2D eigenvalue weighted by Gasteiger charge is 2.20. The maximum Gasteiger partial charge on any atom is -0.0414 e. The van der Waals surface area contributed by atoms with E-state index in [1.54, 1.807) is 0 Å². The fraction of sp³-hybridized carbons (Fsp3) is 1.00. The van der Waals surface area contributed by atoms with Crippen LogP contribution in [-0.2, 0) is 0 Å². The van der Waals surface area contributed by atoms with Crippen LogP contribution in [0.3, 0.4) is 0 Å². The van der Waals surface area contributed by atoms with Gasteiger partial charge in [0.25, 0.3) is 0 Å². The van der Waals surface area contributed by atoms with Crippen LogP contribution in [0.4, 0.5) is 0 Å². The van der Waals surface area contributed by atoms with Crippen LogP contribution in [0, 0.1) is 11.8 Å². The van der Waals surface area contributed by atoms with Crippen molar-refractivity contribution in [3.63, 3.8) is 0 Å². The molecule has 0 nitrogen and oxygen atoms in total. The molecule has 11 heavy (non-hydrogen) atoms. The molecule has 0 heteroatoms. The first-order valence-corrected chi connectivity index (χ1v) is 5.36. The van der Waals surface area contributed by atoms with Crippen LogP contribution in [0.15, 0.2) is 0 Å². The molecule has 1 aliphatic rings. The molecule has 0 aromatic rings. The second-order valence-corrected chi connectivity index (χ2v) is 3.36. The summed E-state index contributed by atoms with van der Waals surface area (Å²) in [5.74, 6) is 2.16. The minimum atomic E-state index is 1.08.